The van der Waals surface area contributed by atoms with E-state index >= 15 is 0 Å². The van der Waals surface area contributed by atoms with Crippen molar-refractivity contribution in [3.05, 3.63) is 30.6 Å². The third-order valence-corrected chi connectivity index (χ3v) is 1.43. The summed E-state index contributed by atoms with van der Waals surface area (Å²) in [6, 6.07) is 0. The second-order valence-corrected chi connectivity index (χ2v) is 2.13. The summed E-state index contributed by atoms with van der Waals surface area (Å²) in [4.78, 5) is 4.00. The molecule has 2 rings (SSSR count). The minimum atomic E-state index is 0.604. The lowest BCUT2D eigenvalue weighted by Gasteiger charge is -2.03. The quantitative estimate of drug-likeness (QED) is 0.640. The molecule has 0 aromatic carbocycles. The smallest absolute Gasteiger partial charge is 0.155 e. The fourth-order valence-corrected chi connectivity index (χ4v) is 0.903. The average Bonchev–Trinajstić information content (AvgIpc) is 2.58. The molecule has 0 radical (unpaired) electrons. The second-order valence-electron chi connectivity index (χ2n) is 2.13. The Morgan fingerprint density at radius 1 is 1.55 bits per heavy atom. The summed E-state index contributed by atoms with van der Waals surface area (Å²) in [6.07, 6.45) is 6.93. The number of nitrogens with one attached hydrogen (secondary N) is 1. The van der Waals surface area contributed by atoms with Crippen LogP contribution < -0.4 is 0 Å². The van der Waals surface area contributed by atoms with Crippen molar-refractivity contribution in [2.75, 3.05) is 6.61 Å². The third kappa shape index (κ3) is 1.14. The van der Waals surface area contributed by atoms with Gasteiger partial charge in [0.1, 0.15) is 12.9 Å². The van der Waals surface area contributed by atoms with Gasteiger partial charge < -0.3 is 4.74 Å². The van der Waals surface area contributed by atoms with Crippen LogP contribution in [0.2, 0.25) is 0 Å². The van der Waals surface area contributed by atoms with Gasteiger partial charge in [-0.2, -0.15) is 5.10 Å². The van der Waals surface area contributed by atoms with Gasteiger partial charge in [0, 0.05) is 5.57 Å². The first-order valence-corrected chi connectivity index (χ1v) is 3.31. The van der Waals surface area contributed by atoms with Crippen LogP contribution in [0.1, 0.15) is 5.82 Å². The van der Waals surface area contributed by atoms with Gasteiger partial charge in [-0.1, -0.05) is 0 Å². The molecular formula is C7H7N3O. The number of ether oxygens (including phenoxy) is 1. The highest BCUT2D eigenvalue weighted by atomic mass is 16.5. The highest BCUT2D eigenvalue weighted by Crippen LogP contribution is 2.12. The molecule has 2 heterocycles. The van der Waals surface area contributed by atoms with Crippen molar-refractivity contribution in [2.45, 2.75) is 0 Å². The molecule has 4 nitrogen and oxygen atoms in total. The maximum atomic E-state index is 4.98. The van der Waals surface area contributed by atoms with E-state index in [1.165, 1.54) is 6.33 Å². The summed E-state index contributed by atoms with van der Waals surface area (Å²) in [5.41, 5.74) is 1.02. The largest absolute Gasteiger partial charge is 0.497 e. The van der Waals surface area contributed by atoms with Gasteiger partial charge in [-0.05, 0) is 12.2 Å². The normalized spacial score (nSPS) is 15.8. The van der Waals surface area contributed by atoms with E-state index in [1.807, 2.05) is 12.2 Å². The molecule has 4 heteroatoms. The number of H-pyrrole nitrogens is 1. The molecule has 1 N–H and O–H groups in total. The molecule has 0 bridgehead atoms. The van der Waals surface area contributed by atoms with E-state index in [2.05, 4.69) is 15.2 Å². The Bertz CT molecular complexity index is 287. The predicted molar refractivity (Wildman–Crippen MR) is 39.5 cm³/mol. The summed E-state index contributed by atoms with van der Waals surface area (Å²) in [7, 11) is 0. The standard InChI is InChI=1S/C7H7N3O/c1-3-11-4-2-6(1)7-8-5-9-10-7/h1-3,5H,4H2,(H,8,9,10). The monoisotopic (exact) mass is 149 g/mol. The molecule has 1 aliphatic heterocycles. The molecule has 56 valence electrons. The van der Waals surface area contributed by atoms with Crippen LogP contribution in [0.4, 0.5) is 0 Å². The number of rotatable bonds is 1. The molecule has 0 atom stereocenters. The van der Waals surface area contributed by atoms with Gasteiger partial charge in [0.2, 0.25) is 0 Å². The fourth-order valence-electron chi connectivity index (χ4n) is 0.903. The molecule has 0 unspecified atom stereocenters. The van der Waals surface area contributed by atoms with Crippen LogP contribution in [-0.4, -0.2) is 21.8 Å². The molecule has 0 saturated carbocycles. The van der Waals surface area contributed by atoms with Crippen molar-refractivity contribution in [1.82, 2.24) is 15.2 Å². The average molecular weight is 149 g/mol. The van der Waals surface area contributed by atoms with Crippen molar-refractivity contribution in [2.24, 2.45) is 0 Å². The molecular weight excluding hydrogens is 142 g/mol. The number of nitrogens with zero attached hydrogens (tertiary/aromatic N) is 2. The summed E-state index contributed by atoms with van der Waals surface area (Å²) in [5, 5.41) is 6.52. The van der Waals surface area contributed by atoms with Crippen LogP contribution in [0.3, 0.4) is 0 Å². The van der Waals surface area contributed by atoms with Gasteiger partial charge in [0.25, 0.3) is 0 Å². The van der Waals surface area contributed by atoms with Crippen LogP contribution in [0.15, 0.2) is 24.7 Å². The molecule has 0 amide bonds. The maximum Gasteiger partial charge on any atom is 0.155 e. The molecule has 1 aromatic rings. The van der Waals surface area contributed by atoms with Crippen molar-refractivity contribution >= 4 is 5.57 Å². The first-order chi connectivity index (χ1) is 5.47. The Labute approximate surface area is 63.6 Å². The van der Waals surface area contributed by atoms with Gasteiger partial charge in [0.15, 0.2) is 5.82 Å². The lowest BCUT2D eigenvalue weighted by atomic mass is 10.2. The molecule has 0 fully saturated rings. The number of aromatic amines is 1. The zero-order valence-electron chi connectivity index (χ0n) is 5.82. The number of allylic oxidation sites excluding steroid dienone is 2. The summed E-state index contributed by atoms with van der Waals surface area (Å²) >= 11 is 0. The predicted octanol–water partition coefficient (Wildman–Crippen LogP) is 0.732. The van der Waals surface area contributed by atoms with Gasteiger partial charge in [-0.3, -0.25) is 5.10 Å². The van der Waals surface area contributed by atoms with Crippen LogP contribution in [-0.2, 0) is 4.74 Å². The second kappa shape index (κ2) is 2.57. The van der Waals surface area contributed by atoms with E-state index < -0.39 is 0 Å². The summed E-state index contributed by atoms with van der Waals surface area (Å²) < 4.78 is 4.98. The van der Waals surface area contributed by atoms with Crippen molar-refractivity contribution in [1.29, 1.82) is 0 Å². The topological polar surface area (TPSA) is 50.8 Å². The van der Waals surface area contributed by atoms with Crippen molar-refractivity contribution in [3.8, 4) is 0 Å². The van der Waals surface area contributed by atoms with Gasteiger partial charge in [-0.25, -0.2) is 4.98 Å². The third-order valence-electron chi connectivity index (χ3n) is 1.43. The van der Waals surface area contributed by atoms with Gasteiger partial charge >= 0.3 is 0 Å². The number of hydrogen-bond donors (Lipinski definition) is 1. The van der Waals surface area contributed by atoms with Crippen LogP contribution >= 0.6 is 0 Å². The molecule has 1 aromatic heterocycles. The minimum absolute atomic E-state index is 0.604. The maximum absolute atomic E-state index is 4.98. The van der Waals surface area contributed by atoms with E-state index in [0.717, 1.165) is 11.4 Å². The van der Waals surface area contributed by atoms with E-state index in [9.17, 15) is 0 Å². The Hall–Kier alpha value is -1.58. The molecule has 0 aliphatic carbocycles. The molecule has 1 aliphatic rings. The molecule has 11 heavy (non-hydrogen) atoms. The molecule has 0 saturated heterocycles. The Morgan fingerprint density at radius 2 is 2.55 bits per heavy atom. The van der Waals surface area contributed by atoms with Crippen LogP contribution in [0, 0.1) is 0 Å². The van der Waals surface area contributed by atoms with E-state index in [0.29, 0.717) is 6.61 Å². The van der Waals surface area contributed by atoms with Crippen LogP contribution in [0.5, 0.6) is 0 Å². The Balaban J connectivity index is 2.29. The number of aromatic nitrogens is 3. The van der Waals surface area contributed by atoms with Crippen molar-refractivity contribution in [3.63, 3.8) is 0 Å². The SMILES string of the molecule is C1=CC(c2ncn[nH]2)=CCO1. The van der Waals surface area contributed by atoms with E-state index in [1.54, 1.807) is 6.26 Å². The molecule has 0 spiro atoms. The summed E-state index contributed by atoms with van der Waals surface area (Å²) in [6.45, 7) is 0.604. The zero-order valence-corrected chi connectivity index (χ0v) is 5.82. The van der Waals surface area contributed by atoms with Crippen molar-refractivity contribution < 1.29 is 4.74 Å². The van der Waals surface area contributed by atoms with E-state index in [4.69, 9.17) is 4.74 Å². The lowest BCUT2D eigenvalue weighted by Crippen LogP contribution is -1.93. The van der Waals surface area contributed by atoms with E-state index in [-0.39, 0.29) is 0 Å². The highest BCUT2D eigenvalue weighted by molar-refractivity contribution is 5.69. The highest BCUT2D eigenvalue weighted by Gasteiger charge is 2.02. The Morgan fingerprint density at radius 3 is 3.18 bits per heavy atom. The van der Waals surface area contributed by atoms with Crippen LogP contribution in [0.25, 0.3) is 5.57 Å². The first-order valence-electron chi connectivity index (χ1n) is 3.31. The Kier molecular flexibility index (Phi) is 1.44. The first kappa shape index (κ1) is 6.15. The summed E-state index contributed by atoms with van der Waals surface area (Å²) in [5.74, 6) is 0.782. The number of hydrogen-bond acceptors (Lipinski definition) is 3. The minimum Gasteiger partial charge on any atom is -0.497 e. The fraction of sp³-hybridized carbons (Fsp3) is 0.143. The lowest BCUT2D eigenvalue weighted by molar-refractivity contribution is 0.287. The zero-order chi connectivity index (χ0) is 7.52. The van der Waals surface area contributed by atoms with Gasteiger partial charge in [0.05, 0.1) is 6.26 Å². The van der Waals surface area contributed by atoms with Gasteiger partial charge in [-0.15, -0.1) is 0 Å².